The average molecular weight is 283 g/mol. The zero-order chi connectivity index (χ0) is 11.4. The van der Waals surface area contributed by atoms with Gasteiger partial charge in [-0.1, -0.05) is 46.3 Å². The first-order chi connectivity index (χ1) is 7.81. The molecule has 0 bridgehead atoms. The van der Waals surface area contributed by atoms with E-state index in [0.717, 1.165) is 18.4 Å². The van der Waals surface area contributed by atoms with Crippen molar-refractivity contribution in [2.45, 2.75) is 19.4 Å². The first-order valence-corrected chi connectivity index (χ1v) is 6.70. The van der Waals surface area contributed by atoms with Gasteiger partial charge in [-0.2, -0.15) is 0 Å². The minimum atomic E-state index is -0.0665. The van der Waals surface area contributed by atoms with Gasteiger partial charge < -0.3 is 4.74 Å². The molecule has 0 heterocycles. The molecule has 0 aromatic heterocycles. The third-order valence-electron chi connectivity index (χ3n) is 2.88. The summed E-state index contributed by atoms with van der Waals surface area (Å²) in [5.41, 5.74) is 1.04. The fourth-order valence-electron chi connectivity index (χ4n) is 1.72. The van der Waals surface area contributed by atoms with Gasteiger partial charge in [0.25, 0.3) is 0 Å². The summed E-state index contributed by atoms with van der Waals surface area (Å²) >= 11 is 3.38. The summed E-state index contributed by atoms with van der Waals surface area (Å²) in [6.07, 6.45) is 2.33. The summed E-state index contributed by atoms with van der Waals surface area (Å²) in [4.78, 5) is 11.8. The predicted molar refractivity (Wildman–Crippen MR) is 66.2 cm³/mol. The molecule has 0 aliphatic heterocycles. The van der Waals surface area contributed by atoms with Crippen molar-refractivity contribution in [1.29, 1.82) is 0 Å². The summed E-state index contributed by atoms with van der Waals surface area (Å²) < 4.78 is 5.31. The molecule has 1 atom stereocenters. The second-order valence-electron chi connectivity index (χ2n) is 4.19. The molecule has 16 heavy (non-hydrogen) atoms. The molecule has 1 aromatic rings. The normalized spacial score (nSPS) is 16.8. The third-order valence-corrected chi connectivity index (χ3v) is 3.58. The van der Waals surface area contributed by atoms with E-state index in [1.54, 1.807) is 0 Å². The van der Waals surface area contributed by atoms with E-state index in [9.17, 15) is 4.79 Å². The van der Waals surface area contributed by atoms with E-state index in [-0.39, 0.29) is 11.9 Å². The molecule has 0 saturated heterocycles. The molecule has 1 fully saturated rings. The number of halogens is 1. The van der Waals surface area contributed by atoms with Gasteiger partial charge in [0.15, 0.2) is 0 Å². The Morgan fingerprint density at radius 3 is 2.62 bits per heavy atom. The Labute approximate surface area is 104 Å². The molecule has 1 aliphatic carbocycles. The Hall–Kier alpha value is -0.830. The van der Waals surface area contributed by atoms with Gasteiger partial charge in [-0.05, 0) is 24.3 Å². The Bertz CT molecular complexity index is 346. The lowest BCUT2D eigenvalue weighted by Gasteiger charge is -2.12. The van der Waals surface area contributed by atoms with Gasteiger partial charge in [-0.15, -0.1) is 0 Å². The van der Waals surface area contributed by atoms with E-state index in [1.807, 2.05) is 30.3 Å². The fourth-order valence-corrected chi connectivity index (χ4v) is 2.51. The van der Waals surface area contributed by atoms with Gasteiger partial charge in [0.1, 0.15) is 6.61 Å². The van der Waals surface area contributed by atoms with Crippen molar-refractivity contribution >= 4 is 21.9 Å². The first-order valence-electron chi connectivity index (χ1n) is 5.58. The molecule has 86 valence electrons. The van der Waals surface area contributed by atoms with E-state index in [0.29, 0.717) is 17.9 Å². The lowest BCUT2D eigenvalue weighted by atomic mass is 10.1. The van der Waals surface area contributed by atoms with E-state index in [2.05, 4.69) is 15.9 Å². The molecular weight excluding hydrogens is 268 g/mol. The Balaban J connectivity index is 1.83. The quantitative estimate of drug-likeness (QED) is 0.613. The number of ether oxygens (including phenoxy) is 1. The van der Waals surface area contributed by atoms with Crippen LogP contribution in [-0.4, -0.2) is 11.3 Å². The van der Waals surface area contributed by atoms with Gasteiger partial charge in [0.05, 0.1) is 5.92 Å². The smallest absolute Gasteiger partial charge is 0.310 e. The SMILES string of the molecule is O=C(OCc1ccccc1)C(CBr)C1CC1. The molecule has 0 N–H and O–H groups in total. The Morgan fingerprint density at radius 2 is 2.06 bits per heavy atom. The van der Waals surface area contributed by atoms with Crippen LogP contribution in [0.25, 0.3) is 0 Å². The maximum absolute atomic E-state index is 11.8. The molecule has 2 rings (SSSR count). The summed E-state index contributed by atoms with van der Waals surface area (Å²) in [6.45, 7) is 0.385. The van der Waals surface area contributed by atoms with Crippen LogP contribution >= 0.6 is 15.9 Å². The monoisotopic (exact) mass is 282 g/mol. The van der Waals surface area contributed by atoms with Crippen molar-refractivity contribution < 1.29 is 9.53 Å². The number of benzene rings is 1. The van der Waals surface area contributed by atoms with E-state index < -0.39 is 0 Å². The highest BCUT2D eigenvalue weighted by molar-refractivity contribution is 9.09. The molecule has 1 saturated carbocycles. The summed E-state index contributed by atoms with van der Waals surface area (Å²) in [5, 5.41) is 0.714. The number of hydrogen-bond acceptors (Lipinski definition) is 2. The number of carbonyl (C=O) groups is 1. The maximum atomic E-state index is 11.8. The third kappa shape index (κ3) is 3.08. The van der Waals surface area contributed by atoms with Gasteiger partial charge in [0.2, 0.25) is 0 Å². The van der Waals surface area contributed by atoms with Crippen LogP contribution in [0.3, 0.4) is 0 Å². The summed E-state index contributed by atoms with van der Waals surface area (Å²) in [7, 11) is 0. The average Bonchev–Trinajstić information content (AvgIpc) is 3.13. The van der Waals surface area contributed by atoms with Gasteiger partial charge in [-0.3, -0.25) is 4.79 Å². The number of alkyl halides is 1. The first kappa shape index (κ1) is 11.6. The van der Waals surface area contributed by atoms with Crippen molar-refractivity contribution in [3.8, 4) is 0 Å². The van der Waals surface area contributed by atoms with Gasteiger partial charge in [0, 0.05) is 5.33 Å². The fraction of sp³-hybridized carbons (Fsp3) is 0.462. The van der Waals surface area contributed by atoms with Crippen LogP contribution in [0.5, 0.6) is 0 Å². The standard InChI is InChI=1S/C13H15BrO2/c14-8-12(11-6-7-11)13(15)16-9-10-4-2-1-3-5-10/h1-5,11-12H,6-9H2. The number of carbonyl (C=O) groups excluding carboxylic acids is 1. The van der Waals surface area contributed by atoms with Gasteiger partial charge >= 0.3 is 5.97 Å². The van der Waals surface area contributed by atoms with Crippen molar-refractivity contribution in [3.05, 3.63) is 35.9 Å². The van der Waals surface area contributed by atoms with Crippen LogP contribution < -0.4 is 0 Å². The highest BCUT2D eigenvalue weighted by Crippen LogP contribution is 2.38. The van der Waals surface area contributed by atoms with Crippen LogP contribution in [0.2, 0.25) is 0 Å². The largest absolute Gasteiger partial charge is 0.461 e. The van der Waals surface area contributed by atoms with E-state index in [1.165, 1.54) is 0 Å². The topological polar surface area (TPSA) is 26.3 Å². The summed E-state index contributed by atoms with van der Waals surface area (Å²) in [6, 6.07) is 9.79. The van der Waals surface area contributed by atoms with Crippen molar-refractivity contribution in [3.63, 3.8) is 0 Å². The second kappa shape index (κ2) is 5.48. The Kier molecular flexibility index (Phi) is 3.99. The van der Waals surface area contributed by atoms with E-state index in [4.69, 9.17) is 4.74 Å². The number of esters is 1. The highest BCUT2D eigenvalue weighted by atomic mass is 79.9. The van der Waals surface area contributed by atoms with Crippen LogP contribution in [0.15, 0.2) is 30.3 Å². The number of rotatable bonds is 5. The lowest BCUT2D eigenvalue weighted by Crippen LogP contribution is -2.20. The van der Waals surface area contributed by atoms with Crippen molar-refractivity contribution in [2.75, 3.05) is 5.33 Å². The lowest BCUT2D eigenvalue weighted by molar-refractivity contribution is -0.149. The van der Waals surface area contributed by atoms with E-state index >= 15 is 0 Å². The minimum absolute atomic E-state index is 0.0451. The molecule has 1 aliphatic rings. The minimum Gasteiger partial charge on any atom is -0.461 e. The van der Waals surface area contributed by atoms with Crippen LogP contribution in [0.1, 0.15) is 18.4 Å². The Morgan fingerprint density at radius 1 is 1.38 bits per heavy atom. The zero-order valence-corrected chi connectivity index (χ0v) is 10.7. The molecule has 0 radical (unpaired) electrons. The molecule has 0 amide bonds. The molecule has 1 unspecified atom stereocenters. The van der Waals surface area contributed by atoms with Crippen molar-refractivity contribution in [2.24, 2.45) is 11.8 Å². The van der Waals surface area contributed by atoms with Crippen LogP contribution in [0.4, 0.5) is 0 Å². The van der Waals surface area contributed by atoms with Crippen LogP contribution in [-0.2, 0) is 16.1 Å². The highest BCUT2D eigenvalue weighted by Gasteiger charge is 2.36. The summed E-state index contributed by atoms with van der Waals surface area (Å²) in [5.74, 6) is 0.523. The van der Waals surface area contributed by atoms with Crippen molar-refractivity contribution in [1.82, 2.24) is 0 Å². The number of hydrogen-bond donors (Lipinski definition) is 0. The molecule has 3 heteroatoms. The molecular formula is C13H15BrO2. The second-order valence-corrected chi connectivity index (χ2v) is 4.84. The molecule has 0 spiro atoms. The van der Waals surface area contributed by atoms with Crippen LogP contribution in [0, 0.1) is 11.8 Å². The zero-order valence-electron chi connectivity index (χ0n) is 9.06. The maximum Gasteiger partial charge on any atom is 0.310 e. The molecule has 2 nitrogen and oxygen atoms in total. The van der Waals surface area contributed by atoms with Gasteiger partial charge in [-0.25, -0.2) is 0 Å². The predicted octanol–water partition coefficient (Wildman–Crippen LogP) is 3.15. The molecule has 1 aromatic carbocycles.